The van der Waals surface area contributed by atoms with Gasteiger partial charge in [0.15, 0.2) is 0 Å². The lowest BCUT2D eigenvalue weighted by molar-refractivity contribution is -0.148. The topological polar surface area (TPSA) is 78.4 Å². The van der Waals surface area contributed by atoms with E-state index in [-0.39, 0.29) is 0 Å². The molecule has 0 bridgehead atoms. The summed E-state index contributed by atoms with van der Waals surface area (Å²) in [5.41, 5.74) is -1.02. The van der Waals surface area contributed by atoms with Gasteiger partial charge in [-0.2, -0.15) is 0 Å². The molecule has 0 aromatic carbocycles. The van der Waals surface area contributed by atoms with Crippen LogP contribution in [0.4, 0.5) is 4.79 Å². The SMILES string of the molecule is C/C=C/CCNC(=O)NC1(C(=O)O)CCC1. The van der Waals surface area contributed by atoms with Gasteiger partial charge in [-0.05, 0) is 32.6 Å². The second kappa shape index (κ2) is 5.53. The number of aliphatic carboxylic acids is 1. The van der Waals surface area contributed by atoms with Gasteiger partial charge >= 0.3 is 12.0 Å². The second-order valence-corrected chi connectivity index (χ2v) is 3.98. The monoisotopic (exact) mass is 226 g/mol. The average molecular weight is 226 g/mol. The number of carboxylic acids is 1. The van der Waals surface area contributed by atoms with Crippen LogP contribution >= 0.6 is 0 Å². The zero-order chi connectivity index (χ0) is 12.0. The highest BCUT2D eigenvalue weighted by atomic mass is 16.4. The Labute approximate surface area is 94.9 Å². The second-order valence-electron chi connectivity index (χ2n) is 3.98. The van der Waals surface area contributed by atoms with Crippen molar-refractivity contribution in [1.82, 2.24) is 10.6 Å². The van der Waals surface area contributed by atoms with E-state index in [0.717, 1.165) is 12.8 Å². The Morgan fingerprint density at radius 1 is 1.44 bits per heavy atom. The molecule has 1 aliphatic carbocycles. The summed E-state index contributed by atoms with van der Waals surface area (Å²) in [4.78, 5) is 22.4. The number of rotatable bonds is 5. The molecule has 1 rings (SSSR count). The van der Waals surface area contributed by atoms with E-state index in [1.54, 1.807) is 0 Å². The number of carbonyl (C=O) groups is 2. The largest absolute Gasteiger partial charge is 0.480 e. The van der Waals surface area contributed by atoms with Crippen molar-refractivity contribution in [2.45, 2.75) is 38.1 Å². The predicted molar refractivity (Wildman–Crippen MR) is 60.2 cm³/mol. The fraction of sp³-hybridized carbons (Fsp3) is 0.636. The first-order valence-corrected chi connectivity index (χ1v) is 5.51. The summed E-state index contributed by atoms with van der Waals surface area (Å²) in [5.74, 6) is -0.942. The maximum absolute atomic E-state index is 11.4. The lowest BCUT2D eigenvalue weighted by Crippen LogP contribution is -2.61. The van der Waals surface area contributed by atoms with Gasteiger partial charge in [-0.3, -0.25) is 0 Å². The lowest BCUT2D eigenvalue weighted by Gasteiger charge is -2.38. The molecule has 0 aliphatic heterocycles. The molecule has 1 fully saturated rings. The highest BCUT2D eigenvalue weighted by Gasteiger charge is 2.45. The van der Waals surface area contributed by atoms with E-state index >= 15 is 0 Å². The number of carbonyl (C=O) groups excluding carboxylic acids is 1. The first-order valence-electron chi connectivity index (χ1n) is 5.51. The van der Waals surface area contributed by atoms with Crippen molar-refractivity contribution in [3.63, 3.8) is 0 Å². The van der Waals surface area contributed by atoms with Crippen molar-refractivity contribution in [3.05, 3.63) is 12.2 Å². The van der Waals surface area contributed by atoms with Gasteiger partial charge in [-0.1, -0.05) is 12.2 Å². The van der Waals surface area contributed by atoms with E-state index in [9.17, 15) is 9.59 Å². The fourth-order valence-electron chi connectivity index (χ4n) is 1.62. The quantitative estimate of drug-likeness (QED) is 0.488. The molecular weight excluding hydrogens is 208 g/mol. The normalized spacial score (nSPS) is 17.8. The predicted octanol–water partition coefficient (Wildman–Crippen LogP) is 1.26. The van der Waals surface area contributed by atoms with Crippen LogP contribution in [0, 0.1) is 0 Å². The molecule has 0 radical (unpaired) electrons. The Kier molecular flexibility index (Phi) is 4.34. The van der Waals surface area contributed by atoms with Gasteiger partial charge in [0.05, 0.1) is 0 Å². The Morgan fingerprint density at radius 2 is 2.12 bits per heavy atom. The molecule has 0 spiro atoms. The minimum Gasteiger partial charge on any atom is -0.480 e. The minimum absolute atomic E-state index is 0.397. The van der Waals surface area contributed by atoms with Crippen molar-refractivity contribution in [2.24, 2.45) is 0 Å². The molecule has 0 saturated heterocycles. The van der Waals surface area contributed by atoms with Gasteiger partial charge < -0.3 is 15.7 Å². The first-order chi connectivity index (χ1) is 7.60. The number of nitrogens with one attached hydrogen (secondary N) is 2. The average Bonchev–Trinajstić information content (AvgIpc) is 2.18. The van der Waals surface area contributed by atoms with Gasteiger partial charge in [0.25, 0.3) is 0 Å². The maximum atomic E-state index is 11.4. The van der Waals surface area contributed by atoms with Gasteiger partial charge in [0.2, 0.25) is 0 Å². The van der Waals surface area contributed by atoms with Gasteiger partial charge in [-0.15, -0.1) is 0 Å². The van der Waals surface area contributed by atoms with Crippen LogP contribution in [0.2, 0.25) is 0 Å². The van der Waals surface area contributed by atoms with Crippen LogP contribution in [-0.2, 0) is 4.79 Å². The Hall–Kier alpha value is -1.52. The van der Waals surface area contributed by atoms with Gasteiger partial charge in [-0.25, -0.2) is 9.59 Å². The van der Waals surface area contributed by atoms with Crippen LogP contribution in [0.3, 0.4) is 0 Å². The molecular formula is C11H18N2O3. The lowest BCUT2D eigenvalue weighted by atomic mass is 9.77. The summed E-state index contributed by atoms with van der Waals surface area (Å²) in [7, 11) is 0. The third kappa shape index (κ3) is 2.98. The fourth-order valence-corrected chi connectivity index (χ4v) is 1.62. The molecule has 1 aliphatic rings. The Morgan fingerprint density at radius 3 is 2.56 bits per heavy atom. The molecule has 0 aromatic heterocycles. The molecule has 0 atom stereocenters. The molecule has 16 heavy (non-hydrogen) atoms. The van der Waals surface area contributed by atoms with Crippen molar-refractivity contribution in [3.8, 4) is 0 Å². The summed E-state index contributed by atoms with van der Waals surface area (Å²) >= 11 is 0. The van der Waals surface area contributed by atoms with E-state index in [1.165, 1.54) is 0 Å². The molecule has 0 heterocycles. The maximum Gasteiger partial charge on any atom is 0.329 e. The van der Waals surface area contributed by atoms with Gasteiger partial charge in [0.1, 0.15) is 5.54 Å². The smallest absolute Gasteiger partial charge is 0.329 e. The highest BCUT2D eigenvalue weighted by Crippen LogP contribution is 2.31. The summed E-state index contributed by atoms with van der Waals surface area (Å²) < 4.78 is 0. The van der Waals surface area contributed by atoms with E-state index in [0.29, 0.717) is 19.4 Å². The Bertz CT molecular complexity index is 296. The van der Waals surface area contributed by atoms with E-state index < -0.39 is 17.5 Å². The summed E-state index contributed by atoms with van der Waals surface area (Å²) in [6.45, 7) is 2.43. The van der Waals surface area contributed by atoms with Crippen molar-refractivity contribution < 1.29 is 14.7 Å². The van der Waals surface area contributed by atoms with E-state index in [4.69, 9.17) is 5.11 Å². The molecule has 0 unspecified atom stereocenters. The number of hydrogen-bond acceptors (Lipinski definition) is 2. The van der Waals surface area contributed by atoms with Gasteiger partial charge in [0, 0.05) is 6.54 Å². The summed E-state index contributed by atoms with van der Waals surface area (Å²) in [5, 5.41) is 14.2. The third-order valence-corrected chi connectivity index (χ3v) is 2.80. The summed E-state index contributed by atoms with van der Waals surface area (Å²) in [6.07, 6.45) is 6.49. The Balaban J connectivity index is 2.30. The molecule has 3 N–H and O–H groups in total. The van der Waals surface area contributed by atoms with Crippen LogP contribution in [0.15, 0.2) is 12.2 Å². The molecule has 1 saturated carbocycles. The molecule has 5 heteroatoms. The molecule has 5 nitrogen and oxygen atoms in total. The number of amides is 2. The third-order valence-electron chi connectivity index (χ3n) is 2.80. The number of urea groups is 1. The van der Waals surface area contributed by atoms with E-state index in [2.05, 4.69) is 10.6 Å². The molecule has 90 valence electrons. The first kappa shape index (κ1) is 12.5. The van der Waals surface area contributed by atoms with Crippen molar-refractivity contribution in [2.75, 3.05) is 6.54 Å². The standard InChI is InChI=1S/C11H18N2O3/c1-2-3-4-8-12-10(16)13-11(9(14)15)6-5-7-11/h2-3H,4-8H2,1H3,(H,14,15)(H2,12,13,16)/b3-2+. The van der Waals surface area contributed by atoms with Crippen LogP contribution in [0.1, 0.15) is 32.6 Å². The van der Waals surface area contributed by atoms with Crippen LogP contribution in [0.25, 0.3) is 0 Å². The van der Waals surface area contributed by atoms with E-state index in [1.807, 2.05) is 19.1 Å². The van der Waals surface area contributed by atoms with Crippen LogP contribution < -0.4 is 10.6 Å². The van der Waals surface area contributed by atoms with Crippen molar-refractivity contribution >= 4 is 12.0 Å². The molecule has 0 aromatic rings. The zero-order valence-electron chi connectivity index (χ0n) is 9.45. The van der Waals surface area contributed by atoms with Crippen LogP contribution in [0.5, 0.6) is 0 Å². The number of carboxylic acid groups (broad SMARTS) is 1. The highest BCUT2D eigenvalue weighted by molar-refractivity contribution is 5.87. The zero-order valence-corrected chi connectivity index (χ0v) is 9.45. The minimum atomic E-state index is -1.02. The number of allylic oxidation sites excluding steroid dienone is 1. The summed E-state index contributed by atoms with van der Waals surface area (Å²) in [6, 6.07) is -0.397. The van der Waals surface area contributed by atoms with Crippen LogP contribution in [-0.4, -0.2) is 29.2 Å². The molecule has 2 amide bonds. The van der Waals surface area contributed by atoms with Crippen molar-refractivity contribution in [1.29, 1.82) is 0 Å². The number of hydrogen-bond donors (Lipinski definition) is 3.